The summed E-state index contributed by atoms with van der Waals surface area (Å²) in [7, 11) is -3.83. The summed E-state index contributed by atoms with van der Waals surface area (Å²) in [6.07, 6.45) is 0. The Hall–Kier alpha value is -1.79. The summed E-state index contributed by atoms with van der Waals surface area (Å²) in [6.45, 7) is 0. The maximum atomic E-state index is 12.7. The van der Waals surface area contributed by atoms with Crippen LogP contribution in [-0.4, -0.2) is 8.42 Å². The van der Waals surface area contributed by atoms with Crippen LogP contribution in [0.4, 0.5) is 15.8 Å². The molecular formula is C12H10ClFN2O2S. The van der Waals surface area contributed by atoms with Crippen molar-refractivity contribution in [3.05, 3.63) is 53.3 Å². The number of halogens is 2. The first-order valence-electron chi connectivity index (χ1n) is 5.22. The first-order valence-corrected chi connectivity index (χ1v) is 7.08. The van der Waals surface area contributed by atoms with E-state index in [1.165, 1.54) is 30.3 Å². The lowest BCUT2D eigenvalue weighted by Crippen LogP contribution is -2.14. The second kappa shape index (κ2) is 5.07. The molecule has 100 valence electrons. The summed E-state index contributed by atoms with van der Waals surface area (Å²) >= 11 is 5.71. The molecule has 0 amide bonds. The lowest BCUT2D eigenvalue weighted by atomic mass is 10.3. The van der Waals surface area contributed by atoms with E-state index in [4.69, 9.17) is 17.3 Å². The Labute approximate surface area is 115 Å². The summed E-state index contributed by atoms with van der Waals surface area (Å²) in [6, 6.07) is 9.03. The van der Waals surface area contributed by atoms with Gasteiger partial charge in [0.25, 0.3) is 10.0 Å². The molecule has 0 saturated heterocycles. The van der Waals surface area contributed by atoms with Gasteiger partial charge in [0.05, 0.1) is 5.69 Å². The van der Waals surface area contributed by atoms with Gasteiger partial charge in [-0.2, -0.15) is 0 Å². The molecule has 0 atom stereocenters. The van der Waals surface area contributed by atoms with Gasteiger partial charge in [0.2, 0.25) is 0 Å². The van der Waals surface area contributed by atoms with Crippen molar-refractivity contribution < 1.29 is 12.8 Å². The molecule has 0 radical (unpaired) electrons. The molecule has 0 aromatic heterocycles. The Kier molecular flexibility index (Phi) is 3.64. The van der Waals surface area contributed by atoms with Crippen molar-refractivity contribution >= 4 is 33.0 Å². The van der Waals surface area contributed by atoms with Crippen LogP contribution in [0.2, 0.25) is 5.02 Å². The summed E-state index contributed by atoms with van der Waals surface area (Å²) in [5.41, 5.74) is 5.91. The minimum Gasteiger partial charge on any atom is -0.398 e. The highest BCUT2D eigenvalue weighted by Crippen LogP contribution is 2.24. The van der Waals surface area contributed by atoms with Crippen molar-refractivity contribution in [1.82, 2.24) is 0 Å². The summed E-state index contributed by atoms with van der Waals surface area (Å²) in [5, 5.41) is 0.346. The highest BCUT2D eigenvalue weighted by atomic mass is 35.5. The summed E-state index contributed by atoms with van der Waals surface area (Å²) < 4.78 is 39.2. The van der Waals surface area contributed by atoms with Gasteiger partial charge in [-0.25, -0.2) is 12.8 Å². The van der Waals surface area contributed by atoms with Crippen molar-refractivity contribution in [2.75, 3.05) is 10.5 Å². The van der Waals surface area contributed by atoms with E-state index < -0.39 is 15.8 Å². The van der Waals surface area contributed by atoms with Gasteiger partial charge in [0.15, 0.2) is 0 Å². The van der Waals surface area contributed by atoms with Gasteiger partial charge in [-0.3, -0.25) is 4.72 Å². The molecule has 0 aliphatic heterocycles. The highest BCUT2D eigenvalue weighted by molar-refractivity contribution is 7.92. The van der Waals surface area contributed by atoms with Gasteiger partial charge in [0, 0.05) is 10.7 Å². The minimum atomic E-state index is -3.83. The van der Waals surface area contributed by atoms with Crippen molar-refractivity contribution in [3.63, 3.8) is 0 Å². The Bertz CT molecular complexity index is 702. The third-order valence-corrected chi connectivity index (χ3v) is 4.05. The minimum absolute atomic E-state index is 0.0436. The van der Waals surface area contributed by atoms with E-state index in [9.17, 15) is 12.8 Å². The first-order chi connectivity index (χ1) is 8.88. The fourth-order valence-corrected chi connectivity index (χ4v) is 2.85. The quantitative estimate of drug-likeness (QED) is 0.856. The van der Waals surface area contributed by atoms with E-state index in [-0.39, 0.29) is 16.3 Å². The SMILES string of the molecule is Nc1cc(Cl)ccc1S(=O)(=O)Nc1ccc(F)cc1. The molecule has 0 fully saturated rings. The van der Waals surface area contributed by atoms with Crippen molar-refractivity contribution in [1.29, 1.82) is 0 Å². The van der Waals surface area contributed by atoms with Gasteiger partial charge in [-0.05, 0) is 42.5 Å². The maximum absolute atomic E-state index is 12.7. The van der Waals surface area contributed by atoms with E-state index in [2.05, 4.69) is 4.72 Å². The van der Waals surface area contributed by atoms with Gasteiger partial charge >= 0.3 is 0 Å². The lowest BCUT2D eigenvalue weighted by molar-refractivity contribution is 0.601. The van der Waals surface area contributed by atoms with Gasteiger partial charge in [-0.15, -0.1) is 0 Å². The Morgan fingerprint density at radius 1 is 1.11 bits per heavy atom. The molecule has 2 rings (SSSR count). The van der Waals surface area contributed by atoms with E-state index in [1.807, 2.05) is 0 Å². The van der Waals surface area contributed by atoms with E-state index in [0.29, 0.717) is 5.02 Å². The fraction of sp³-hybridized carbons (Fsp3) is 0. The zero-order valence-corrected chi connectivity index (χ0v) is 11.2. The van der Waals surface area contributed by atoms with Crippen molar-refractivity contribution in [3.8, 4) is 0 Å². The summed E-state index contributed by atoms with van der Waals surface area (Å²) in [5.74, 6) is -0.450. The van der Waals surface area contributed by atoms with Crippen LogP contribution in [0.15, 0.2) is 47.4 Å². The number of benzene rings is 2. The topological polar surface area (TPSA) is 72.2 Å². The molecule has 0 aliphatic carbocycles. The van der Waals surface area contributed by atoms with Crippen LogP contribution >= 0.6 is 11.6 Å². The van der Waals surface area contributed by atoms with E-state index in [1.54, 1.807) is 0 Å². The van der Waals surface area contributed by atoms with E-state index >= 15 is 0 Å². The lowest BCUT2D eigenvalue weighted by Gasteiger charge is -2.10. The molecule has 0 heterocycles. The molecule has 7 heteroatoms. The largest absolute Gasteiger partial charge is 0.398 e. The summed E-state index contributed by atoms with van der Waals surface area (Å²) in [4.78, 5) is -0.0822. The number of anilines is 2. The van der Waals surface area contributed by atoms with Gasteiger partial charge in [0.1, 0.15) is 10.7 Å². The molecule has 0 saturated carbocycles. The molecule has 0 bridgehead atoms. The van der Waals surface area contributed by atoms with E-state index in [0.717, 1.165) is 12.1 Å². The molecule has 0 aliphatic rings. The van der Waals surface area contributed by atoms with Crippen LogP contribution in [-0.2, 0) is 10.0 Å². The van der Waals surface area contributed by atoms with Gasteiger partial charge in [-0.1, -0.05) is 11.6 Å². The standard InChI is InChI=1S/C12H10ClFN2O2S/c13-8-1-6-12(11(15)7-8)19(17,18)16-10-4-2-9(14)3-5-10/h1-7,16H,15H2. The monoisotopic (exact) mass is 300 g/mol. The smallest absolute Gasteiger partial charge is 0.263 e. The number of nitrogen functional groups attached to an aromatic ring is 1. The third-order valence-electron chi connectivity index (χ3n) is 2.36. The number of sulfonamides is 1. The van der Waals surface area contributed by atoms with Crippen LogP contribution in [0.1, 0.15) is 0 Å². The Balaban J connectivity index is 2.35. The molecule has 3 N–H and O–H groups in total. The second-order valence-electron chi connectivity index (χ2n) is 3.79. The average Bonchev–Trinajstić information content (AvgIpc) is 2.31. The normalized spacial score (nSPS) is 11.3. The first kappa shape index (κ1) is 13.6. The Morgan fingerprint density at radius 3 is 2.32 bits per heavy atom. The zero-order valence-electron chi connectivity index (χ0n) is 9.60. The van der Waals surface area contributed by atoms with Crippen LogP contribution in [0.25, 0.3) is 0 Å². The molecule has 0 spiro atoms. The molecule has 4 nitrogen and oxygen atoms in total. The maximum Gasteiger partial charge on any atom is 0.263 e. The predicted octanol–water partition coefficient (Wildman–Crippen LogP) is 2.86. The average molecular weight is 301 g/mol. The molecular weight excluding hydrogens is 291 g/mol. The Morgan fingerprint density at radius 2 is 1.74 bits per heavy atom. The number of nitrogens with two attached hydrogens (primary N) is 1. The molecule has 0 unspecified atom stereocenters. The molecule has 2 aromatic carbocycles. The highest BCUT2D eigenvalue weighted by Gasteiger charge is 2.17. The van der Waals surface area contributed by atoms with Gasteiger partial charge < -0.3 is 5.73 Å². The second-order valence-corrected chi connectivity index (χ2v) is 5.88. The third kappa shape index (κ3) is 3.15. The zero-order chi connectivity index (χ0) is 14.0. The van der Waals surface area contributed by atoms with Crippen LogP contribution in [0.5, 0.6) is 0 Å². The van der Waals surface area contributed by atoms with Crippen molar-refractivity contribution in [2.45, 2.75) is 4.90 Å². The number of rotatable bonds is 3. The number of nitrogens with one attached hydrogen (secondary N) is 1. The predicted molar refractivity (Wildman–Crippen MR) is 73.1 cm³/mol. The number of hydrogen-bond acceptors (Lipinski definition) is 3. The van der Waals surface area contributed by atoms with Crippen LogP contribution in [0.3, 0.4) is 0 Å². The van der Waals surface area contributed by atoms with Crippen LogP contribution in [0, 0.1) is 5.82 Å². The fourth-order valence-electron chi connectivity index (χ4n) is 1.49. The number of hydrogen-bond donors (Lipinski definition) is 2. The molecule has 19 heavy (non-hydrogen) atoms. The van der Waals surface area contributed by atoms with Crippen LogP contribution < -0.4 is 10.5 Å². The molecule has 2 aromatic rings. The van der Waals surface area contributed by atoms with Crippen molar-refractivity contribution in [2.24, 2.45) is 0 Å².